The van der Waals surface area contributed by atoms with Crippen LogP contribution in [0.5, 0.6) is 0 Å². The smallest absolute Gasteiger partial charge is 0.135 e. The molecule has 26 heavy (non-hydrogen) atoms. The van der Waals surface area contributed by atoms with E-state index in [0.717, 1.165) is 19.4 Å². The van der Waals surface area contributed by atoms with Gasteiger partial charge >= 0.3 is 0 Å². The van der Waals surface area contributed by atoms with Gasteiger partial charge in [0.15, 0.2) is 0 Å². The zero-order chi connectivity index (χ0) is 18.2. The molecular formula is C22H28N2O2. The van der Waals surface area contributed by atoms with Crippen molar-refractivity contribution in [2.75, 3.05) is 13.7 Å². The number of fused-ring (bicyclic) bond motifs is 8. The van der Waals surface area contributed by atoms with Gasteiger partial charge in [-0.25, -0.2) is 0 Å². The van der Waals surface area contributed by atoms with E-state index in [2.05, 4.69) is 54.8 Å². The Bertz CT molecular complexity index is 886. The van der Waals surface area contributed by atoms with Gasteiger partial charge < -0.3 is 9.30 Å². The Morgan fingerprint density at radius 2 is 1.96 bits per heavy atom. The van der Waals surface area contributed by atoms with Crippen LogP contribution >= 0.6 is 0 Å². The van der Waals surface area contributed by atoms with Gasteiger partial charge in [-0.1, -0.05) is 18.2 Å². The first-order chi connectivity index (χ1) is 12.5. The van der Waals surface area contributed by atoms with E-state index in [1.54, 1.807) is 6.92 Å². The number of Topliss-reactive ketones (excluding diaryl/α,β-unsaturated/α-hetero) is 1. The molecule has 0 amide bonds. The van der Waals surface area contributed by atoms with Gasteiger partial charge in [0, 0.05) is 41.5 Å². The summed E-state index contributed by atoms with van der Waals surface area (Å²) in [4.78, 5) is 15.0. The first kappa shape index (κ1) is 16.5. The molecule has 2 bridgehead atoms. The lowest BCUT2D eigenvalue weighted by Crippen LogP contribution is -2.59. The predicted molar refractivity (Wildman–Crippen MR) is 102 cm³/mol. The number of aryl methyl sites for hydroxylation is 1. The molecule has 0 N–H and O–H groups in total. The average Bonchev–Trinajstić information content (AvgIpc) is 2.88. The number of nitrogens with zero attached hydrogens (tertiary/aromatic N) is 2. The minimum Gasteiger partial charge on any atom is -0.377 e. The van der Waals surface area contributed by atoms with Crippen LogP contribution in [0.3, 0.4) is 0 Å². The van der Waals surface area contributed by atoms with E-state index in [4.69, 9.17) is 4.74 Å². The number of carbonyl (C=O) groups is 1. The monoisotopic (exact) mass is 352 g/mol. The Hall–Kier alpha value is -1.65. The molecule has 2 saturated heterocycles. The van der Waals surface area contributed by atoms with Crippen LogP contribution < -0.4 is 0 Å². The molecule has 3 aliphatic heterocycles. The van der Waals surface area contributed by atoms with Gasteiger partial charge in [0.1, 0.15) is 5.78 Å². The zero-order valence-corrected chi connectivity index (χ0v) is 16.1. The average molecular weight is 352 g/mol. The van der Waals surface area contributed by atoms with Gasteiger partial charge in [-0.15, -0.1) is 0 Å². The minimum absolute atomic E-state index is 0.0451. The molecule has 5 rings (SSSR count). The van der Waals surface area contributed by atoms with Gasteiger partial charge in [0.05, 0.1) is 18.8 Å². The van der Waals surface area contributed by atoms with E-state index in [-0.39, 0.29) is 12.0 Å². The summed E-state index contributed by atoms with van der Waals surface area (Å²) in [7, 11) is 4.48. The highest BCUT2D eigenvalue weighted by Gasteiger charge is 2.53. The molecule has 3 aliphatic rings. The van der Waals surface area contributed by atoms with Crippen molar-refractivity contribution in [2.24, 2.45) is 24.8 Å². The number of likely N-dealkylation sites (N-methyl/N-ethyl adjacent to an activating group) is 1. The number of benzene rings is 1. The second-order valence-corrected chi connectivity index (χ2v) is 8.63. The molecule has 4 heterocycles. The van der Waals surface area contributed by atoms with Gasteiger partial charge in [-0.2, -0.15) is 0 Å². The van der Waals surface area contributed by atoms with E-state index in [0.29, 0.717) is 29.7 Å². The third kappa shape index (κ3) is 2.06. The SMILES string of the molecule is CC(=O)[C@@H]1[C@@H]2C[C@H]3c4c(c5ccccc5n4C)C[C@@H]([C@@H]2CO[C@H]1C)N3C. The van der Waals surface area contributed by atoms with Crippen molar-refractivity contribution in [1.29, 1.82) is 0 Å². The highest BCUT2D eigenvalue weighted by atomic mass is 16.5. The maximum Gasteiger partial charge on any atom is 0.135 e. The van der Waals surface area contributed by atoms with Gasteiger partial charge in [-0.05, 0) is 51.3 Å². The lowest BCUT2D eigenvalue weighted by Gasteiger charge is -2.56. The van der Waals surface area contributed by atoms with Crippen LogP contribution in [0.4, 0.5) is 0 Å². The molecule has 0 saturated carbocycles. The number of piperidine rings is 1. The second kappa shape index (κ2) is 5.67. The van der Waals surface area contributed by atoms with Crippen LogP contribution in [0, 0.1) is 17.8 Å². The van der Waals surface area contributed by atoms with Crippen molar-refractivity contribution in [1.82, 2.24) is 9.47 Å². The fourth-order valence-corrected chi connectivity index (χ4v) is 6.35. The highest BCUT2D eigenvalue weighted by molar-refractivity contribution is 5.86. The molecule has 138 valence electrons. The summed E-state index contributed by atoms with van der Waals surface area (Å²) in [6.45, 7) is 4.62. The van der Waals surface area contributed by atoms with Crippen LogP contribution in [-0.2, 0) is 23.0 Å². The normalized spacial score (nSPS) is 36.6. The van der Waals surface area contributed by atoms with Gasteiger partial charge in [0.2, 0.25) is 0 Å². The fourth-order valence-electron chi connectivity index (χ4n) is 6.35. The Labute approximate surface area is 155 Å². The summed E-state index contributed by atoms with van der Waals surface area (Å²) in [6, 6.07) is 9.64. The third-order valence-corrected chi connectivity index (χ3v) is 7.53. The van der Waals surface area contributed by atoms with Crippen LogP contribution in [0.25, 0.3) is 10.9 Å². The van der Waals surface area contributed by atoms with E-state index in [1.807, 2.05) is 0 Å². The summed E-state index contributed by atoms with van der Waals surface area (Å²) in [5.74, 6) is 1.23. The number of ether oxygens (including phenoxy) is 1. The van der Waals surface area contributed by atoms with Crippen molar-refractivity contribution in [2.45, 2.75) is 44.9 Å². The van der Waals surface area contributed by atoms with Gasteiger partial charge in [0.25, 0.3) is 0 Å². The Kier molecular flexibility index (Phi) is 3.60. The van der Waals surface area contributed by atoms with E-state index >= 15 is 0 Å². The molecule has 2 fully saturated rings. The minimum atomic E-state index is 0.0451. The number of aromatic nitrogens is 1. The number of ketones is 1. The number of hydrogen-bond donors (Lipinski definition) is 0. The van der Waals surface area contributed by atoms with Crippen LogP contribution in [-0.4, -0.2) is 41.1 Å². The third-order valence-electron chi connectivity index (χ3n) is 7.53. The molecule has 4 nitrogen and oxygen atoms in total. The molecule has 0 unspecified atom stereocenters. The zero-order valence-electron chi connectivity index (χ0n) is 16.1. The molecule has 4 heteroatoms. The molecular weight excluding hydrogens is 324 g/mol. The van der Waals surface area contributed by atoms with Crippen LogP contribution in [0.2, 0.25) is 0 Å². The number of rotatable bonds is 1. The van der Waals surface area contributed by atoms with E-state index < -0.39 is 0 Å². The maximum atomic E-state index is 12.4. The van der Waals surface area contributed by atoms with Gasteiger partial charge in [-0.3, -0.25) is 9.69 Å². The molecule has 1 aromatic carbocycles. The lowest BCUT2D eigenvalue weighted by atomic mass is 9.63. The standard InChI is InChI=1S/C22H28N2O2/c1-12(25)21-13(2)26-11-17-15(21)9-20-22-16(10-19(17)23(20)3)14-7-5-6-8-18(14)24(22)4/h5-8,13,15,17,19-21H,9-11H2,1-4H3/t13-,15+,17+,19-,20-,21-/m0/s1. The highest BCUT2D eigenvalue weighted by Crippen LogP contribution is 2.52. The summed E-state index contributed by atoms with van der Waals surface area (Å²) in [6.07, 6.45) is 2.17. The van der Waals surface area contributed by atoms with E-state index in [9.17, 15) is 4.79 Å². The number of para-hydroxylation sites is 1. The predicted octanol–water partition coefficient (Wildman–Crippen LogP) is 3.34. The Morgan fingerprint density at radius 3 is 2.73 bits per heavy atom. The number of hydrogen-bond acceptors (Lipinski definition) is 3. The molecule has 0 spiro atoms. The summed E-state index contributed by atoms with van der Waals surface area (Å²) in [5, 5.41) is 1.40. The lowest BCUT2D eigenvalue weighted by molar-refractivity contribution is -0.158. The Balaban J connectivity index is 1.65. The Morgan fingerprint density at radius 1 is 1.19 bits per heavy atom. The van der Waals surface area contributed by atoms with Crippen LogP contribution in [0.1, 0.15) is 37.6 Å². The van der Waals surface area contributed by atoms with E-state index in [1.165, 1.54) is 22.2 Å². The van der Waals surface area contributed by atoms with Crippen LogP contribution in [0.15, 0.2) is 24.3 Å². The topological polar surface area (TPSA) is 34.5 Å². The first-order valence-electron chi connectivity index (χ1n) is 9.89. The second-order valence-electron chi connectivity index (χ2n) is 8.63. The summed E-state index contributed by atoms with van der Waals surface area (Å²) < 4.78 is 8.49. The summed E-state index contributed by atoms with van der Waals surface area (Å²) >= 11 is 0. The largest absolute Gasteiger partial charge is 0.377 e. The van der Waals surface area contributed by atoms with Crippen molar-refractivity contribution in [3.63, 3.8) is 0 Å². The molecule has 0 aliphatic carbocycles. The molecule has 2 aromatic rings. The first-order valence-corrected chi connectivity index (χ1v) is 9.89. The number of carbonyl (C=O) groups excluding carboxylic acids is 1. The fraction of sp³-hybridized carbons (Fsp3) is 0.591. The summed E-state index contributed by atoms with van der Waals surface area (Å²) in [5.41, 5.74) is 4.31. The molecule has 1 aromatic heterocycles. The molecule has 0 radical (unpaired) electrons. The maximum absolute atomic E-state index is 12.4. The van der Waals surface area contributed by atoms with Crippen molar-refractivity contribution in [3.8, 4) is 0 Å². The molecule has 6 atom stereocenters. The van der Waals surface area contributed by atoms with Crippen molar-refractivity contribution in [3.05, 3.63) is 35.5 Å². The van der Waals surface area contributed by atoms with Crippen molar-refractivity contribution < 1.29 is 9.53 Å². The van der Waals surface area contributed by atoms with Crippen molar-refractivity contribution >= 4 is 16.7 Å². The quantitative estimate of drug-likeness (QED) is 0.789.